The minimum Gasteiger partial charge on any atom is -0.348 e. The minimum atomic E-state index is -3.51. The Kier molecular flexibility index (Phi) is 6.08. The van der Waals surface area contributed by atoms with Crippen molar-refractivity contribution in [3.8, 4) is 0 Å². The highest BCUT2D eigenvalue weighted by Gasteiger charge is 2.24. The summed E-state index contributed by atoms with van der Waals surface area (Å²) in [5.41, 5.74) is 1.57. The van der Waals surface area contributed by atoms with Gasteiger partial charge in [-0.3, -0.25) is 4.79 Å². The maximum absolute atomic E-state index is 14.5. The van der Waals surface area contributed by atoms with Gasteiger partial charge in [-0.1, -0.05) is 12.1 Å². The van der Waals surface area contributed by atoms with Crippen molar-refractivity contribution in [3.63, 3.8) is 0 Å². The minimum absolute atomic E-state index is 0.128. The number of sulfone groups is 1. The number of hydrogen-bond acceptors (Lipinski definition) is 6. The third kappa shape index (κ3) is 4.29. The van der Waals surface area contributed by atoms with Crippen molar-refractivity contribution in [1.82, 2.24) is 10.3 Å². The van der Waals surface area contributed by atoms with Gasteiger partial charge < -0.3 is 16.0 Å². The molecule has 3 aromatic rings. The first-order chi connectivity index (χ1) is 15.2. The molecule has 0 fully saturated rings. The summed E-state index contributed by atoms with van der Waals surface area (Å²) in [4.78, 5) is 16.6. The molecule has 0 aliphatic carbocycles. The van der Waals surface area contributed by atoms with Crippen molar-refractivity contribution < 1.29 is 17.6 Å². The van der Waals surface area contributed by atoms with Crippen molar-refractivity contribution in [3.05, 3.63) is 69.0 Å². The maximum atomic E-state index is 14.5. The van der Waals surface area contributed by atoms with Crippen LogP contribution in [0.25, 0.3) is 0 Å². The van der Waals surface area contributed by atoms with Gasteiger partial charge in [0, 0.05) is 12.1 Å². The third-order valence-corrected chi connectivity index (χ3v) is 8.13. The molecular formula is C22H20FIN4O3S. The summed E-state index contributed by atoms with van der Waals surface area (Å²) >= 11 is 2.08. The van der Waals surface area contributed by atoms with E-state index in [-0.39, 0.29) is 16.5 Å². The highest BCUT2D eigenvalue weighted by atomic mass is 127. The molecule has 0 saturated heterocycles. The number of hydrogen-bond donors (Lipinski definition) is 3. The second kappa shape index (κ2) is 8.66. The number of carbonyl (C=O) groups is 1. The van der Waals surface area contributed by atoms with Crippen molar-refractivity contribution in [2.24, 2.45) is 0 Å². The molecule has 2 heterocycles. The van der Waals surface area contributed by atoms with Crippen LogP contribution in [0.15, 0.2) is 53.4 Å². The molecule has 0 saturated carbocycles. The van der Waals surface area contributed by atoms with Crippen LogP contribution in [0.4, 0.5) is 27.4 Å². The van der Waals surface area contributed by atoms with Gasteiger partial charge in [0.05, 0.1) is 25.1 Å². The first kappa shape index (κ1) is 22.5. The summed E-state index contributed by atoms with van der Waals surface area (Å²) in [5.74, 6) is 0.0168. The van der Waals surface area contributed by atoms with Crippen molar-refractivity contribution in [2.75, 3.05) is 10.6 Å². The molecule has 0 radical (unpaired) electrons. The summed E-state index contributed by atoms with van der Waals surface area (Å²) in [7, 11) is -3.51. The standard InChI is InChI=1S/C22H20FIN4O3S/c1-12(2)32(30,31)19-6-4-3-5-17(19)27-21-16(24)7-8-20(28-21)26-18-10-14-13(9-15(18)23)11-25-22(14)29/h3-10,12H,11H2,1-2H3,(H,25,29)(H2,26,27,28). The van der Waals surface area contributed by atoms with Gasteiger partial charge in [-0.15, -0.1) is 0 Å². The number of benzene rings is 2. The number of halogens is 2. The first-order valence-corrected chi connectivity index (χ1v) is 12.4. The van der Waals surface area contributed by atoms with Gasteiger partial charge in [0.15, 0.2) is 9.84 Å². The fourth-order valence-corrected chi connectivity index (χ4v) is 4.91. The molecular weight excluding hydrogens is 546 g/mol. The molecule has 1 aliphatic rings. The number of nitrogens with one attached hydrogen (secondary N) is 3. The Labute approximate surface area is 198 Å². The van der Waals surface area contributed by atoms with E-state index in [0.717, 1.165) is 3.57 Å². The van der Waals surface area contributed by atoms with Crippen molar-refractivity contribution >= 4 is 61.3 Å². The molecule has 1 aromatic heterocycles. The van der Waals surface area contributed by atoms with Crippen LogP contribution >= 0.6 is 22.6 Å². The van der Waals surface area contributed by atoms with Gasteiger partial charge in [-0.05, 0) is 78.4 Å². The van der Waals surface area contributed by atoms with Crippen molar-refractivity contribution in [2.45, 2.75) is 30.5 Å². The van der Waals surface area contributed by atoms with Crippen LogP contribution in [0.2, 0.25) is 0 Å². The Hall–Kier alpha value is -2.73. The molecule has 166 valence electrons. The number of aromatic nitrogens is 1. The predicted octanol–water partition coefficient (Wildman–Crippen LogP) is 4.74. The van der Waals surface area contributed by atoms with Gasteiger partial charge in [0.2, 0.25) is 0 Å². The lowest BCUT2D eigenvalue weighted by Gasteiger charge is -2.16. The predicted molar refractivity (Wildman–Crippen MR) is 130 cm³/mol. The van der Waals surface area contributed by atoms with Crippen LogP contribution in [0.3, 0.4) is 0 Å². The monoisotopic (exact) mass is 566 g/mol. The zero-order valence-corrected chi connectivity index (χ0v) is 20.2. The maximum Gasteiger partial charge on any atom is 0.251 e. The lowest BCUT2D eigenvalue weighted by Crippen LogP contribution is -2.15. The number of anilines is 4. The fraction of sp³-hybridized carbons (Fsp3) is 0.182. The Morgan fingerprint density at radius 3 is 2.59 bits per heavy atom. The Morgan fingerprint density at radius 1 is 1.09 bits per heavy atom. The first-order valence-electron chi connectivity index (χ1n) is 9.81. The number of fused-ring (bicyclic) bond motifs is 1. The SMILES string of the molecule is CC(C)S(=O)(=O)c1ccccc1Nc1nc(Nc2cc3c(cc2F)CNC3=O)ccc1I. The van der Waals surface area contributed by atoms with Crippen LogP contribution in [-0.4, -0.2) is 24.6 Å². The largest absolute Gasteiger partial charge is 0.348 e. The number of para-hydroxylation sites is 1. The van der Waals surface area contributed by atoms with Gasteiger partial charge in [-0.2, -0.15) is 0 Å². The normalized spacial score (nSPS) is 13.1. The Morgan fingerprint density at radius 2 is 1.84 bits per heavy atom. The van der Waals surface area contributed by atoms with Crippen LogP contribution < -0.4 is 16.0 Å². The summed E-state index contributed by atoms with van der Waals surface area (Å²) < 4.78 is 40.8. The molecule has 10 heteroatoms. The number of pyridine rings is 1. The number of carbonyl (C=O) groups excluding carboxylic acids is 1. The van der Waals surface area contributed by atoms with E-state index in [1.54, 1.807) is 50.2 Å². The molecule has 2 aromatic carbocycles. The molecule has 1 amide bonds. The molecule has 1 aliphatic heterocycles. The molecule has 32 heavy (non-hydrogen) atoms. The second-order valence-corrected chi connectivity index (χ2v) is 11.2. The Balaban J connectivity index is 1.66. The lowest BCUT2D eigenvalue weighted by atomic mass is 10.1. The zero-order valence-electron chi connectivity index (χ0n) is 17.2. The highest BCUT2D eigenvalue weighted by molar-refractivity contribution is 14.1. The van der Waals surface area contributed by atoms with Gasteiger partial charge in [0.1, 0.15) is 17.5 Å². The fourth-order valence-electron chi connectivity index (χ4n) is 3.28. The quantitative estimate of drug-likeness (QED) is 0.373. The second-order valence-electron chi connectivity index (χ2n) is 7.54. The zero-order chi connectivity index (χ0) is 23.0. The lowest BCUT2D eigenvalue weighted by molar-refractivity contribution is 0.0965. The molecule has 0 spiro atoms. The summed E-state index contributed by atoms with van der Waals surface area (Å²) in [6, 6.07) is 12.9. The molecule has 4 rings (SSSR count). The van der Waals surface area contributed by atoms with Crippen LogP contribution in [0.5, 0.6) is 0 Å². The average molecular weight is 566 g/mol. The van der Waals surface area contributed by atoms with E-state index in [4.69, 9.17) is 0 Å². The van der Waals surface area contributed by atoms with E-state index >= 15 is 0 Å². The summed E-state index contributed by atoms with van der Waals surface area (Å²) in [6.07, 6.45) is 0. The van der Waals surface area contributed by atoms with E-state index in [9.17, 15) is 17.6 Å². The van der Waals surface area contributed by atoms with Crippen molar-refractivity contribution in [1.29, 1.82) is 0 Å². The van der Waals surface area contributed by atoms with E-state index < -0.39 is 20.9 Å². The average Bonchev–Trinajstić information content (AvgIpc) is 3.10. The van der Waals surface area contributed by atoms with Crippen LogP contribution in [-0.2, 0) is 16.4 Å². The smallest absolute Gasteiger partial charge is 0.251 e. The molecule has 0 unspecified atom stereocenters. The number of amides is 1. The van der Waals surface area contributed by atoms with E-state index in [2.05, 4.69) is 43.5 Å². The van der Waals surface area contributed by atoms with Gasteiger partial charge in [-0.25, -0.2) is 17.8 Å². The van der Waals surface area contributed by atoms with Gasteiger partial charge >= 0.3 is 0 Å². The van der Waals surface area contributed by atoms with E-state index in [1.165, 1.54) is 12.1 Å². The molecule has 7 nitrogen and oxygen atoms in total. The van der Waals surface area contributed by atoms with Crippen LogP contribution in [0, 0.1) is 9.39 Å². The number of nitrogens with zero attached hydrogens (tertiary/aromatic N) is 1. The molecule has 0 atom stereocenters. The van der Waals surface area contributed by atoms with Gasteiger partial charge in [0.25, 0.3) is 5.91 Å². The Bertz CT molecular complexity index is 1330. The number of rotatable bonds is 6. The van der Waals surface area contributed by atoms with E-state index in [0.29, 0.717) is 35.0 Å². The third-order valence-electron chi connectivity index (χ3n) is 5.05. The van der Waals surface area contributed by atoms with Crippen LogP contribution in [0.1, 0.15) is 29.8 Å². The molecule has 3 N–H and O–H groups in total. The highest BCUT2D eigenvalue weighted by Crippen LogP contribution is 2.31. The topological polar surface area (TPSA) is 100 Å². The summed E-state index contributed by atoms with van der Waals surface area (Å²) in [5, 5.41) is 8.09. The summed E-state index contributed by atoms with van der Waals surface area (Å²) in [6.45, 7) is 3.56. The molecule has 0 bridgehead atoms. The van der Waals surface area contributed by atoms with E-state index in [1.807, 2.05) is 0 Å².